The van der Waals surface area contributed by atoms with Gasteiger partial charge >= 0.3 is 5.69 Å². The van der Waals surface area contributed by atoms with Gasteiger partial charge in [0.25, 0.3) is 5.91 Å². The van der Waals surface area contributed by atoms with E-state index in [0.29, 0.717) is 35.7 Å². The second kappa shape index (κ2) is 9.46. The molecule has 2 heterocycles. The van der Waals surface area contributed by atoms with Crippen molar-refractivity contribution in [3.63, 3.8) is 0 Å². The van der Waals surface area contributed by atoms with Gasteiger partial charge in [0, 0.05) is 11.8 Å². The van der Waals surface area contributed by atoms with Gasteiger partial charge < -0.3 is 5.32 Å². The lowest BCUT2D eigenvalue weighted by molar-refractivity contribution is -0.386. The average Bonchev–Trinajstić information content (AvgIpc) is 3.42. The Balaban J connectivity index is 1.29. The normalized spacial score (nSPS) is 11.1. The Bertz CT molecular complexity index is 1600. The fourth-order valence-corrected chi connectivity index (χ4v) is 4.41. The largest absolute Gasteiger partial charge is 0.319 e. The van der Waals surface area contributed by atoms with Crippen LogP contribution in [0.2, 0.25) is 0 Å². The van der Waals surface area contributed by atoms with E-state index in [4.69, 9.17) is 0 Å². The van der Waals surface area contributed by atoms with E-state index < -0.39 is 4.92 Å². The summed E-state index contributed by atoms with van der Waals surface area (Å²) in [6, 6.07) is 21.5. The number of fused-ring (bicyclic) bond motifs is 1. The van der Waals surface area contributed by atoms with Crippen molar-refractivity contribution in [2.24, 2.45) is 0 Å². The number of aryl methyl sites for hydroxylation is 1. The van der Waals surface area contributed by atoms with Crippen LogP contribution in [0.4, 0.5) is 11.4 Å². The molecule has 0 spiro atoms. The molecule has 3 aromatic carbocycles. The number of carbonyl (C=O) groups is 1. The van der Waals surface area contributed by atoms with Crippen molar-refractivity contribution in [1.82, 2.24) is 19.6 Å². The average molecular weight is 481 g/mol. The summed E-state index contributed by atoms with van der Waals surface area (Å²) in [5, 5.41) is 25.2. The van der Waals surface area contributed by atoms with E-state index in [1.54, 1.807) is 53.8 Å². The van der Waals surface area contributed by atoms with Crippen molar-refractivity contribution < 1.29 is 9.72 Å². The van der Waals surface area contributed by atoms with E-state index in [-0.39, 0.29) is 11.6 Å². The molecule has 0 saturated heterocycles. The molecule has 0 unspecified atom stereocenters. The summed E-state index contributed by atoms with van der Waals surface area (Å²) in [5.41, 5.74) is 3.90. The van der Waals surface area contributed by atoms with Crippen molar-refractivity contribution in [3.8, 4) is 0 Å². The molecule has 180 valence electrons. The molecule has 0 atom stereocenters. The Hall–Kier alpha value is -4.79. The first kappa shape index (κ1) is 23.0. The van der Waals surface area contributed by atoms with Crippen molar-refractivity contribution in [3.05, 3.63) is 117 Å². The molecule has 0 fully saturated rings. The third-order valence-corrected chi connectivity index (χ3v) is 6.15. The van der Waals surface area contributed by atoms with E-state index >= 15 is 0 Å². The number of nitrogens with one attached hydrogen (secondary N) is 1. The fraction of sp³-hybridized carbons (Fsp3) is 0.148. The Morgan fingerprint density at radius 1 is 1.03 bits per heavy atom. The first-order chi connectivity index (χ1) is 17.4. The summed E-state index contributed by atoms with van der Waals surface area (Å²) in [6.45, 7) is 4.20. The number of rotatable bonds is 7. The lowest BCUT2D eigenvalue weighted by Gasteiger charge is -2.08. The quantitative estimate of drug-likeness (QED) is 0.257. The second-order valence-corrected chi connectivity index (χ2v) is 8.65. The molecular formula is C27H24N6O3. The van der Waals surface area contributed by atoms with Gasteiger partial charge in [-0.05, 0) is 47.9 Å². The maximum Gasteiger partial charge on any atom is 0.312 e. The summed E-state index contributed by atoms with van der Waals surface area (Å²) in [5.74, 6) is -0.263. The molecule has 9 heteroatoms. The molecule has 5 aromatic rings. The Kier molecular flexibility index (Phi) is 6.03. The number of nitro groups is 1. The molecule has 1 amide bonds. The summed E-state index contributed by atoms with van der Waals surface area (Å²) < 4.78 is 3.38. The summed E-state index contributed by atoms with van der Waals surface area (Å²) >= 11 is 0. The first-order valence-electron chi connectivity index (χ1n) is 11.5. The zero-order valence-electron chi connectivity index (χ0n) is 19.9. The predicted molar refractivity (Wildman–Crippen MR) is 137 cm³/mol. The highest BCUT2D eigenvalue weighted by atomic mass is 16.6. The van der Waals surface area contributed by atoms with E-state index in [1.165, 1.54) is 10.8 Å². The van der Waals surface area contributed by atoms with Crippen LogP contribution in [0.15, 0.2) is 79.1 Å². The van der Waals surface area contributed by atoms with E-state index in [9.17, 15) is 14.9 Å². The second-order valence-electron chi connectivity index (χ2n) is 8.65. The van der Waals surface area contributed by atoms with E-state index in [1.807, 2.05) is 24.3 Å². The van der Waals surface area contributed by atoms with Gasteiger partial charge in [-0.3, -0.25) is 24.3 Å². The summed E-state index contributed by atoms with van der Waals surface area (Å²) in [4.78, 5) is 23.8. The van der Waals surface area contributed by atoms with Gasteiger partial charge in [0.15, 0.2) is 0 Å². The third kappa shape index (κ3) is 4.58. The molecule has 1 N–H and O–H groups in total. The molecule has 0 radical (unpaired) electrons. The monoisotopic (exact) mass is 480 g/mol. The molecule has 0 saturated carbocycles. The Morgan fingerprint density at radius 2 is 1.81 bits per heavy atom. The van der Waals surface area contributed by atoms with Crippen molar-refractivity contribution >= 4 is 28.1 Å². The van der Waals surface area contributed by atoms with Gasteiger partial charge in [0.05, 0.1) is 29.9 Å². The van der Waals surface area contributed by atoms with Gasteiger partial charge in [-0.1, -0.05) is 54.6 Å². The van der Waals surface area contributed by atoms with E-state index in [2.05, 4.69) is 39.8 Å². The highest BCUT2D eigenvalue weighted by Crippen LogP contribution is 2.23. The molecular weight excluding hydrogens is 456 g/mol. The third-order valence-electron chi connectivity index (χ3n) is 6.15. The number of aromatic nitrogens is 4. The van der Waals surface area contributed by atoms with Gasteiger partial charge in [0.2, 0.25) is 0 Å². The van der Waals surface area contributed by atoms with Gasteiger partial charge in [-0.2, -0.15) is 10.2 Å². The molecule has 36 heavy (non-hydrogen) atoms. The summed E-state index contributed by atoms with van der Waals surface area (Å²) in [7, 11) is 0. The van der Waals surface area contributed by atoms with Crippen LogP contribution in [0.5, 0.6) is 0 Å². The van der Waals surface area contributed by atoms with E-state index in [0.717, 1.165) is 11.1 Å². The van der Waals surface area contributed by atoms with Crippen molar-refractivity contribution in [2.45, 2.75) is 26.9 Å². The van der Waals surface area contributed by atoms with Crippen LogP contribution >= 0.6 is 0 Å². The minimum Gasteiger partial charge on any atom is -0.319 e. The molecule has 2 aromatic heterocycles. The minimum atomic E-state index is -0.418. The molecule has 0 bridgehead atoms. The number of hydrogen-bond acceptors (Lipinski definition) is 5. The number of nitrogens with zero attached hydrogens (tertiary/aromatic N) is 5. The van der Waals surface area contributed by atoms with Gasteiger partial charge in [0.1, 0.15) is 11.4 Å². The van der Waals surface area contributed by atoms with Crippen molar-refractivity contribution in [1.29, 1.82) is 0 Å². The lowest BCUT2D eigenvalue weighted by Crippen LogP contribution is -2.12. The van der Waals surface area contributed by atoms with Crippen LogP contribution in [-0.4, -0.2) is 30.4 Å². The lowest BCUT2D eigenvalue weighted by atomic mass is 10.0. The molecule has 0 aliphatic heterocycles. The van der Waals surface area contributed by atoms with Crippen LogP contribution in [0.3, 0.4) is 0 Å². The SMILES string of the molecule is Cc1nn(Cc2cccc(C(=O)Nc3cnn(Cc4cccc5ccccc45)c3)c2)c(C)c1[N+](=O)[O-]. The summed E-state index contributed by atoms with van der Waals surface area (Å²) in [6.07, 6.45) is 3.43. The molecule has 0 aliphatic rings. The predicted octanol–water partition coefficient (Wildman–Crippen LogP) is 5.11. The molecule has 9 nitrogen and oxygen atoms in total. The minimum absolute atomic E-state index is 0.0180. The number of anilines is 1. The van der Waals surface area contributed by atoms with Crippen molar-refractivity contribution in [2.75, 3.05) is 5.32 Å². The van der Waals surface area contributed by atoms with Crippen LogP contribution in [0.1, 0.15) is 32.9 Å². The zero-order chi connectivity index (χ0) is 25.2. The number of hydrogen-bond donors (Lipinski definition) is 1. The zero-order valence-corrected chi connectivity index (χ0v) is 19.9. The van der Waals surface area contributed by atoms with Gasteiger partial charge in [-0.15, -0.1) is 0 Å². The molecule has 0 aliphatic carbocycles. The smallest absolute Gasteiger partial charge is 0.312 e. The van der Waals surface area contributed by atoms with Crippen LogP contribution in [0, 0.1) is 24.0 Å². The Morgan fingerprint density at radius 3 is 2.61 bits per heavy atom. The topological polar surface area (TPSA) is 108 Å². The highest BCUT2D eigenvalue weighted by Gasteiger charge is 2.21. The van der Waals surface area contributed by atoms with Crippen LogP contribution in [-0.2, 0) is 13.1 Å². The standard InChI is InChI=1S/C27H24N6O3/c1-18-26(33(35)36)19(2)32(30-18)15-20-7-5-10-22(13-20)27(34)29-24-14-28-31(17-24)16-23-11-6-9-21-8-3-4-12-25(21)23/h3-14,17H,15-16H2,1-2H3,(H,29,34). The van der Waals surface area contributed by atoms with Crippen LogP contribution in [0.25, 0.3) is 10.8 Å². The maximum absolute atomic E-state index is 12.9. The van der Waals surface area contributed by atoms with Gasteiger partial charge in [-0.25, -0.2) is 0 Å². The Labute approximate surface area is 207 Å². The number of amides is 1. The number of benzene rings is 3. The fourth-order valence-electron chi connectivity index (χ4n) is 4.41. The molecule has 5 rings (SSSR count). The number of carbonyl (C=O) groups excluding carboxylic acids is 1. The first-order valence-corrected chi connectivity index (χ1v) is 11.5. The highest BCUT2D eigenvalue weighted by molar-refractivity contribution is 6.04. The maximum atomic E-state index is 12.9. The van der Waals surface area contributed by atoms with Crippen LogP contribution < -0.4 is 5.32 Å².